The molecule has 0 aliphatic carbocycles. The van der Waals surface area contributed by atoms with E-state index in [4.69, 9.17) is 11.6 Å². The zero-order valence-electron chi connectivity index (χ0n) is 10.7. The third-order valence-electron chi connectivity index (χ3n) is 3.22. The summed E-state index contributed by atoms with van der Waals surface area (Å²) in [7, 11) is 1.85. The topological polar surface area (TPSA) is 44.4 Å². The van der Waals surface area contributed by atoms with Crippen LogP contribution in [0.25, 0.3) is 0 Å². The van der Waals surface area contributed by atoms with Crippen molar-refractivity contribution in [3.63, 3.8) is 0 Å². The second-order valence-corrected chi connectivity index (χ2v) is 4.90. The molecule has 5 heteroatoms. The van der Waals surface area contributed by atoms with Crippen LogP contribution in [0.1, 0.15) is 5.56 Å². The van der Waals surface area contributed by atoms with E-state index >= 15 is 0 Å². The molecule has 1 unspecified atom stereocenters. The molecule has 1 aromatic rings. The summed E-state index contributed by atoms with van der Waals surface area (Å²) < 4.78 is 0. The van der Waals surface area contributed by atoms with Crippen molar-refractivity contribution in [1.82, 2.24) is 10.6 Å². The van der Waals surface area contributed by atoms with Crippen LogP contribution in [-0.4, -0.2) is 38.6 Å². The number of carbonyl (C=O) groups excluding carboxylic acids is 1. The van der Waals surface area contributed by atoms with E-state index in [9.17, 15) is 4.79 Å². The van der Waals surface area contributed by atoms with Crippen LogP contribution in [0.2, 0.25) is 5.02 Å². The molecule has 1 aliphatic rings. The van der Waals surface area contributed by atoms with Crippen molar-refractivity contribution < 1.29 is 4.79 Å². The first kappa shape index (κ1) is 13.2. The number of nitrogens with one attached hydrogen (secondary N) is 2. The van der Waals surface area contributed by atoms with E-state index in [-0.39, 0.29) is 11.9 Å². The average Bonchev–Trinajstić information content (AvgIpc) is 2.35. The van der Waals surface area contributed by atoms with Gasteiger partial charge in [0, 0.05) is 30.3 Å². The largest absolute Gasteiger partial charge is 0.357 e. The third kappa shape index (κ3) is 2.60. The van der Waals surface area contributed by atoms with Gasteiger partial charge in [-0.15, -0.1) is 0 Å². The van der Waals surface area contributed by atoms with Gasteiger partial charge >= 0.3 is 0 Å². The van der Waals surface area contributed by atoms with Crippen LogP contribution in [0, 0.1) is 6.92 Å². The van der Waals surface area contributed by atoms with Gasteiger partial charge in [-0.3, -0.25) is 4.79 Å². The van der Waals surface area contributed by atoms with Crippen LogP contribution in [0.4, 0.5) is 5.69 Å². The Kier molecular flexibility index (Phi) is 4.09. The van der Waals surface area contributed by atoms with Gasteiger partial charge in [0.05, 0.1) is 0 Å². The maximum atomic E-state index is 11.9. The van der Waals surface area contributed by atoms with E-state index in [0.29, 0.717) is 13.1 Å². The first-order chi connectivity index (χ1) is 8.63. The molecule has 0 aromatic heterocycles. The van der Waals surface area contributed by atoms with E-state index < -0.39 is 0 Å². The number of benzene rings is 1. The molecule has 2 rings (SSSR count). The Balaban J connectivity index is 2.28. The maximum Gasteiger partial charge on any atom is 0.244 e. The van der Waals surface area contributed by atoms with Crippen molar-refractivity contribution in [1.29, 1.82) is 0 Å². The predicted molar refractivity (Wildman–Crippen MR) is 74.3 cm³/mol. The number of nitrogens with zero attached hydrogens (tertiary/aromatic N) is 1. The number of halogens is 1. The lowest BCUT2D eigenvalue weighted by atomic mass is 10.1. The van der Waals surface area contributed by atoms with Gasteiger partial charge in [-0.2, -0.15) is 0 Å². The van der Waals surface area contributed by atoms with Gasteiger partial charge in [0.15, 0.2) is 0 Å². The number of anilines is 1. The number of likely N-dealkylation sites (N-methyl/N-ethyl adjacent to an activating group) is 1. The lowest BCUT2D eigenvalue weighted by molar-refractivity contribution is -0.123. The summed E-state index contributed by atoms with van der Waals surface area (Å²) in [5.41, 5.74) is 2.05. The minimum atomic E-state index is -0.178. The van der Waals surface area contributed by atoms with Gasteiger partial charge in [0.2, 0.25) is 5.91 Å². The number of carbonyl (C=O) groups is 1. The first-order valence-corrected chi connectivity index (χ1v) is 6.46. The van der Waals surface area contributed by atoms with Crippen molar-refractivity contribution in [2.24, 2.45) is 0 Å². The first-order valence-electron chi connectivity index (χ1n) is 6.08. The number of piperazine rings is 1. The fourth-order valence-electron chi connectivity index (χ4n) is 2.18. The second-order valence-electron chi connectivity index (χ2n) is 4.49. The minimum absolute atomic E-state index is 0.0623. The molecule has 1 atom stereocenters. The highest BCUT2D eigenvalue weighted by Crippen LogP contribution is 2.25. The summed E-state index contributed by atoms with van der Waals surface area (Å²) in [5, 5.41) is 6.68. The molecule has 4 nitrogen and oxygen atoms in total. The number of rotatable bonds is 3. The Morgan fingerprint density at radius 3 is 3.00 bits per heavy atom. The zero-order chi connectivity index (χ0) is 13.1. The molecule has 0 saturated carbocycles. The van der Waals surface area contributed by atoms with Gasteiger partial charge in [-0.25, -0.2) is 0 Å². The Bertz CT molecular complexity index is 450. The van der Waals surface area contributed by atoms with Crippen molar-refractivity contribution in [3.8, 4) is 0 Å². The lowest BCUT2D eigenvalue weighted by Gasteiger charge is -2.36. The van der Waals surface area contributed by atoms with Crippen molar-refractivity contribution in [3.05, 3.63) is 28.8 Å². The molecular formula is C13H18ClN3O. The van der Waals surface area contributed by atoms with Crippen molar-refractivity contribution >= 4 is 23.2 Å². The highest BCUT2D eigenvalue weighted by atomic mass is 35.5. The summed E-state index contributed by atoms with van der Waals surface area (Å²) in [6, 6.07) is 5.75. The van der Waals surface area contributed by atoms with Crippen molar-refractivity contribution in [2.45, 2.75) is 13.0 Å². The number of aryl methyl sites for hydroxylation is 1. The quantitative estimate of drug-likeness (QED) is 0.864. The molecule has 1 aromatic carbocycles. The number of amides is 1. The van der Waals surface area contributed by atoms with Crippen LogP contribution in [0.5, 0.6) is 0 Å². The van der Waals surface area contributed by atoms with E-state index in [1.807, 2.05) is 32.2 Å². The molecule has 0 bridgehead atoms. The lowest BCUT2D eigenvalue weighted by Crippen LogP contribution is -2.58. The van der Waals surface area contributed by atoms with Gasteiger partial charge in [-0.05, 0) is 31.7 Å². The molecule has 1 aliphatic heterocycles. The number of hydrogen-bond acceptors (Lipinski definition) is 3. The van der Waals surface area contributed by atoms with E-state index in [0.717, 1.165) is 22.8 Å². The second kappa shape index (κ2) is 5.59. The van der Waals surface area contributed by atoms with E-state index in [1.165, 1.54) is 0 Å². The average molecular weight is 268 g/mol. The Hall–Kier alpha value is -1.26. The van der Waals surface area contributed by atoms with Crippen LogP contribution in [0.15, 0.2) is 18.2 Å². The smallest absolute Gasteiger partial charge is 0.244 e. The molecule has 2 N–H and O–H groups in total. The summed E-state index contributed by atoms with van der Waals surface area (Å²) in [4.78, 5) is 14.0. The molecule has 18 heavy (non-hydrogen) atoms. The SMILES string of the molecule is CNCC1C(=O)NCCN1c1ccc(C)c(Cl)c1. The summed E-state index contributed by atoms with van der Waals surface area (Å²) in [6.07, 6.45) is 0. The summed E-state index contributed by atoms with van der Waals surface area (Å²) >= 11 is 6.15. The van der Waals surface area contributed by atoms with Gasteiger partial charge in [-0.1, -0.05) is 17.7 Å². The summed E-state index contributed by atoms with van der Waals surface area (Å²) in [5.74, 6) is 0.0623. The van der Waals surface area contributed by atoms with Gasteiger partial charge in [0.25, 0.3) is 0 Å². The molecule has 98 valence electrons. The normalized spacial score (nSPS) is 19.8. The molecule has 0 radical (unpaired) electrons. The zero-order valence-corrected chi connectivity index (χ0v) is 11.4. The Morgan fingerprint density at radius 1 is 1.56 bits per heavy atom. The Labute approximate surface area is 112 Å². The third-order valence-corrected chi connectivity index (χ3v) is 3.62. The Morgan fingerprint density at radius 2 is 2.33 bits per heavy atom. The number of hydrogen-bond donors (Lipinski definition) is 2. The molecule has 1 saturated heterocycles. The molecular weight excluding hydrogens is 250 g/mol. The maximum absolute atomic E-state index is 11.9. The predicted octanol–water partition coefficient (Wildman–Crippen LogP) is 1.17. The van der Waals surface area contributed by atoms with Gasteiger partial charge < -0.3 is 15.5 Å². The highest BCUT2D eigenvalue weighted by molar-refractivity contribution is 6.31. The fourth-order valence-corrected chi connectivity index (χ4v) is 2.36. The minimum Gasteiger partial charge on any atom is -0.357 e. The fraction of sp³-hybridized carbons (Fsp3) is 0.462. The summed E-state index contributed by atoms with van der Waals surface area (Å²) in [6.45, 7) is 4.07. The monoisotopic (exact) mass is 267 g/mol. The van der Waals surface area contributed by atoms with Crippen molar-refractivity contribution in [2.75, 3.05) is 31.6 Å². The van der Waals surface area contributed by atoms with Gasteiger partial charge in [0.1, 0.15) is 6.04 Å². The molecule has 0 spiro atoms. The molecule has 1 heterocycles. The molecule has 1 amide bonds. The van der Waals surface area contributed by atoms with Crippen LogP contribution in [0.3, 0.4) is 0 Å². The standard InChI is InChI=1S/C13H18ClN3O/c1-9-3-4-10(7-11(9)14)17-6-5-16-13(18)12(17)8-15-2/h3-4,7,12,15H,5-6,8H2,1-2H3,(H,16,18). The van der Waals surface area contributed by atoms with E-state index in [2.05, 4.69) is 15.5 Å². The van der Waals surface area contributed by atoms with Crippen LogP contribution < -0.4 is 15.5 Å². The molecule has 1 fully saturated rings. The van der Waals surface area contributed by atoms with Crippen LogP contribution in [-0.2, 0) is 4.79 Å². The van der Waals surface area contributed by atoms with Crippen LogP contribution >= 0.6 is 11.6 Å². The van der Waals surface area contributed by atoms with E-state index in [1.54, 1.807) is 0 Å². The highest BCUT2D eigenvalue weighted by Gasteiger charge is 2.29.